The number of hydrogen-bond acceptors (Lipinski definition) is 3. The summed E-state index contributed by atoms with van der Waals surface area (Å²) in [5.74, 6) is 0. The Bertz CT molecular complexity index is 707. The summed E-state index contributed by atoms with van der Waals surface area (Å²) in [6, 6.07) is 8.51. The first-order chi connectivity index (χ1) is 8.61. The topological polar surface area (TPSA) is 78.7 Å². The van der Waals surface area contributed by atoms with Gasteiger partial charge < -0.3 is 4.98 Å². The minimum atomic E-state index is -0.439. The van der Waals surface area contributed by atoms with Gasteiger partial charge in [-0.05, 0) is 30.2 Å². The van der Waals surface area contributed by atoms with E-state index in [4.69, 9.17) is 5.26 Å². The fraction of sp³-hybridized carbons (Fsp3) is 0.154. The van der Waals surface area contributed by atoms with E-state index in [1.807, 2.05) is 13.0 Å². The molecule has 0 saturated carbocycles. The van der Waals surface area contributed by atoms with Gasteiger partial charge in [0.25, 0.3) is 5.56 Å². The molecule has 1 heterocycles. The lowest BCUT2D eigenvalue weighted by atomic mass is 10.1. The van der Waals surface area contributed by atoms with Crippen LogP contribution in [-0.2, 0) is 6.54 Å². The number of aromatic amines is 1. The maximum atomic E-state index is 11.6. The smallest absolute Gasteiger partial charge is 0.314 e. The second-order valence-electron chi connectivity index (χ2n) is 3.96. The summed E-state index contributed by atoms with van der Waals surface area (Å²) < 4.78 is 1.12. The van der Waals surface area contributed by atoms with Gasteiger partial charge in [-0.25, -0.2) is 4.79 Å². The van der Waals surface area contributed by atoms with Crippen molar-refractivity contribution in [3.8, 4) is 6.07 Å². The number of benzene rings is 1. The maximum absolute atomic E-state index is 11.6. The Morgan fingerprint density at radius 3 is 2.72 bits per heavy atom. The van der Waals surface area contributed by atoms with Crippen molar-refractivity contribution in [2.45, 2.75) is 13.5 Å². The van der Waals surface area contributed by atoms with Gasteiger partial charge in [-0.2, -0.15) is 5.26 Å². The van der Waals surface area contributed by atoms with E-state index < -0.39 is 5.69 Å². The zero-order chi connectivity index (χ0) is 13.1. The maximum Gasteiger partial charge on any atom is 0.328 e. The van der Waals surface area contributed by atoms with Crippen LogP contribution in [0, 0.1) is 18.3 Å². The number of rotatable bonds is 2. The van der Waals surface area contributed by atoms with E-state index in [-0.39, 0.29) is 12.1 Å². The highest BCUT2D eigenvalue weighted by atomic mass is 16.2. The number of nitriles is 1. The Morgan fingerprint density at radius 1 is 1.33 bits per heavy atom. The Labute approximate surface area is 103 Å². The molecule has 0 atom stereocenters. The fourth-order valence-electron chi connectivity index (χ4n) is 1.72. The van der Waals surface area contributed by atoms with Crippen molar-refractivity contribution in [2.24, 2.45) is 0 Å². The van der Waals surface area contributed by atoms with Crippen LogP contribution in [0.5, 0.6) is 0 Å². The first-order valence-corrected chi connectivity index (χ1v) is 5.40. The predicted octanol–water partition coefficient (Wildman–Crippen LogP) is 0.765. The van der Waals surface area contributed by atoms with Gasteiger partial charge >= 0.3 is 5.69 Å². The highest BCUT2D eigenvalue weighted by Crippen LogP contribution is 2.10. The Morgan fingerprint density at radius 2 is 2.11 bits per heavy atom. The minimum Gasteiger partial charge on any atom is -0.314 e. The molecule has 1 aromatic heterocycles. The molecule has 0 radical (unpaired) electrons. The number of hydrogen-bond donors (Lipinski definition) is 1. The van der Waals surface area contributed by atoms with Crippen molar-refractivity contribution in [1.29, 1.82) is 5.26 Å². The summed E-state index contributed by atoms with van der Waals surface area (Å²) in [5.41, 5.74) is 1.50. The summed E-state index contributed by atoms with van der Waals surface area (Å²) in [6.45, 7) is 2.05. The van der Waals surface area contributed by atoms with E-state index in [0.29, 0.717) is 5.56 Å². The van der Waals surface area contributed by atoms with Crippen LogP contribution in [0.25, 0.3) is 0 Å². The second-order valence-corrected chi connectivity index (χ2v) is 3.96. The third kappa shape index (κ3) is 2.23. The number of nitrogens with one attached hydrogen (secondary N) is 1. The third-order valence-corrected chi connectivity index (χ3v) is 2.74. The quantitative estimate of drug-likeness (QED) is 0.843. The van der Waals surface area contributed by atoms with E-state index >= 15 is 0 Å². The second kappa shape index (κ2) is 4.72. The first kappa shape index (κ1) is 11.9. The molecule has 18 heavy (non-hydrogen) atoms. The molecule has 1 N–H and O–H groups in total. The molecule has 5 heteroatoms. The predicted molar refractivity (Wildman–Crippen MR) is 66.3 cm³/mol. The van der Waals surface area contributed by atoms with Gasteiger partial charge in [0, 0.05) is 12.3 Å². The van der Waals surface area contributed by atoms with Crippen LogP contribution in [0.2, 0.25) is 0 Å². The van der Waals surface area contributed by atoms with Gasteiger partial charge in [0.1, 0.15) is 0 Å². The molecule has 0 unspecified atom stereocenters. The fourth-order valence-corrected chi connectivity index (χ4v) is 1.72. The van der Waals surface area contributed by atoms with Crippen LogP contribution in [0.3, 0.4) is 0 Å². The molecule has 2 rings (SSSR count). The molecule has 90 valence electrons. The van der Waals surface area contributed by atoms with E-state index in [1.54, 1.807) is 18.2 Å². The van der Waals surface area contributed by atoms with Crippen molar-refractivity contribution >= 4 is 0 Å². The molecule has 0 spiro atoms. The Balaban J connectivity index is 2.45. The van der Waals surface area contributed by atoms with Gasteiger partial charge in [0.15, 0.2) is 0 Å². The van der Waals surface area contributed by atoms with Crippen LogP contribution in [-0.4, -0.2) is 9.55 Å². The van der Waals surface area contributed by atoms with Crippen molar-refractivity contribution in [3.63, 3.8) is 0 Å². The summed E-state index contributed by atoms with van der Waals surface area (Å²) in [5, 5.41) is 8.77. The van der Waals surface area contributed by atoms with Crippen LogP contribution < -0.4 is 11.2 Å². The van der Waals surface area contributed by atoms with E-state index in [2.05, 4.69) is 4.98 Å². The van der Waals surface area contributed by atoms with E-state index in [1.165, 1.54) is 12.3 Å². The van der Waals surface area contributed by atoms with Gasteiger partial charge in [-0.3, -0.25) is 9.36 Å². The van der Waals surface area contributed by atoms with Crippen molar-refractivity contribution < 1.29 is 0 Å². The molecular weight excluding hydrogens is 230 g/mol. The zero-order valence-corrected chi connectivity index (χ0v) is 9.80. The summed E-state index contributed by atoms with van der Waals surface area (Å²) in [4.78, 5) is 25.6. The van der Waals surface area contributed by atoms with Gasteiger partial charge in [-0.1, -0.05) is 6.07 Å². The Hall–Kier alpha value is -2.61. The van der Waals surface area contributed by atoms with Gasteiger partial charge in [0.2, 0.25) is 0 Å². The largest absolute Gasteiger partial charge is 0.328 e. The molecule has 0 aliphatic carbocycles. The lowest BCUT2D eigenvalue weighted by Crippen LogP contribution is -2.34. The minimum absolute atomic E-state index is 0.201. The molecule has 0 bridgehead atoms. The SMILES string of the molecule is Cc1cc(C#N)ccc1Cn1c(=O)cc[nH]c1=O. The molecule has 1 aromatic carbocycles. The average Bonchev–Trinajstić information content (AvgIpc) is 2.35. The van der Waals surface area contributed by atoms with Crippen LogP contribution >= 0.6 is 0 Å². The van der Waals surface area contributed by atoms with Crippen LogP contribution in [0.15, 0.2) is 40.1 Å². The Kier molecular flexibility index (Phi) is 3.11. The molecule has 2 aromatic rings. The molecule has 0 saturated heterocycles. The molecule has 0 amide bonds. The summed E-state index contributed by atoms with van der Waals surface area (Å²) >= 11 is 0. The van der Waals surface area contributed by atoms with Crippen molar-refractivity contribution in [2.75, 3.05) is 0 Å². The lowest BCUT2D eigenvalue weighted by molar-refractivity contribution is 0.696. The summed E-state index contributed by atoms with van der Waals surface area (Å²) in [6.07, 6.45) is 1.33. The first-order valence-electron chi connectivity index (χ1n) is 5.40. The standard InChI is InChI=1S/C13H11N3O2/c1-9-6-10(7-14)2-3-11(9)8-16-12(17)4-5-15-13(16)18/h2-6H,8H2,1H3,(H,15,18). The number of aryl methyl sites for hydroxylation is 1. The van der Waals surface area contributed by atoms with Crippen LogP contribution in [0.1, 0.15) is 16.7 Å². The zero-order valence-electron chi connectivity index (χ0n) is 9.80. The average molecular weight is 241 g/mol. The molecular formula is C13H11N3O2. The van der Waals surface area contributed by atoms with E-state index in [9.17, 15) is 9.59 Å². The van der Waals surface area contributed by atoms with E-state index in [0.717, 1.165) is 15.7 Å². The van der Waals surface area contributed by atoms with Gasteiger partial charge in [-0.15, -0.1) is 0 Å². The number of nitrogens with zero attached hydrogens (tertiary/aromatic N) is 2. The number of aromatic nitrogens is 2. The summed E-state index contributed by atoms with van der Waals surface area (Å²) in [7, 11) is 0. The molecule has 5 nitrogen and oxygen atoms in total. The van der Waals surface area contributed by atoms with Gasteiger partial charge in [0.05, 0.1) is 18.2 Å². The third-order valence-electron chi connectivity index (χ3n) is 2.74. The van der Waals surface area contributed by atoms with Crippen molar-refractivity contribution in [3.05, 3.63) is 68.0 Å². The van der Waals surface area contributed by atoms with Crippen LogP contribution in [0.4, 0.5) is 0 Å². The monoisotopic (exact) mass is 241 g/mol. The molecule has 0 fully saturated rings. The number of H-pyrrole nitrogens is 1. The highest BCUT2D eigenvalue weighted by molar-refractivity contribution is 5.37. The normalized spacial score (nSPS) is 10.0. The van der Waals surface area contributed by atoms with Crippen molar-refractivity contribution in [1.82, 2.24) is 9.55 Å². The molecule has 0 aliphatic heterocycles. The highest BCUT2D eigenvalue weighted by Gasteiger charge is 2.05. The molecule has 0 aliphatic rings. The lowest BCUT2D eigenvalue weighted by Gasteiger charge is -2.07.